The summed E-state index contributed by atoms with van der Waals surface area (Å²) in [4.78, 5) is 25.9. The van der Waals surface area contributed by atoms with Crippen molar-refractivity contribution in [1.29, 1.82) is 0 Å². The summed E-state index contributed by atoms with van der Waals surface area (Å²) in [5.41, 5.74) is 0.153. The van der Waals surface area contributed by atoms with Gasteiger partial charge in [-0.3, -0.25) is 14.5 Å². The molecule has 0 bridgehead atoms. The van der Waals surface area contributed by atoms with Crippen molar-refractivity contribution in [3.8, 4) is 0 Å². The lowest BCUT2D eigenvalue weighted by Crippen LogP contribution is -2.54. The van der Waals surface area contributed by atoms with Gasteiger partial charge in [0, 0.05) is 25.6 Å². The molecule has 1 aliphatic heterocycles. The summed E-state index contributed by atoms with van der Waals surface area (Å²) in [7, 11) is 0. The van der Waals surface area contributed by atoms with Gasteiger partial charge in [-0.2, -0.15) is 0 Å². The minimum Gasteiger partial charge on any atom is -0.350 e. The maximum Gasteiger partial charge on any atom is 0.234 e. The summed E-state index contributed by atoms with van der Waals surface area (Å²) in [5.74, 6) is -0.400. The number of nitrogens with one attached hydrogen (secondary N) is 2. The van der Waals surface area contributed by atoms with Crippen molar-refractivity contribution >= 4 is 11.8 Å². The minimum atomic E-state index is -0.503. The van der Waals surface area contributed by atoms with Crippen LogP contribution in [0.5, 0.6) is 0 Å². The van der Waals surface area contributed by atoms with E-state index in [1.54, 1.807) is 12.1 Å². The molecule has 1 aliphatic rings. The highest BCUT2D eigenvalue weighted by atomic mass is 19.1. The minimum absolute atomic E-state index is 0.00121. The third kappa shape index (κ3) is 5.53. The Morgan fingerprint density at radius 3 is 2.20 bits per heavy atom. The number of hydrogen-bond donors (Lipinski definition) is 2. The molecule has 6 heteroatoms. The Morgan fingerprint density at radius 1 is 1.16 bits per heavy atom. The van der Waals surface area contributed by atoms with Crippen molar-refractivity contribution in [1.82, 2.24) is 15.5 Å². The largest absolute Gasteiger partial charge is 0.350 e. The standard InChI is InChI=1S/C19H28FN3O2/c1-14(24)21-19(15-5-7-16(20)8-6-15)9-11-23(12-10-19)13-17(25)22-18(2,3)4/h5-8H,9-13H2,1-4H3,(H,21,24)(H,22,25). The maximum absolute atomic E-state index is 13.2. The maximum atomic E-state index is 13.2. The Morgan fingerprint density at radius 2 is 1.72 bits per heavy atom. The van der Waals surface area contributed by atoms with Gasteiger partial charge in [-0.1, -0.05) is 12.1 Å². The number of likely N-dealkylation sites (tertiary alicyclic amines) is 1. The van der Waals surface area contributed by atoms with Crippen molar-refractivity contribution in [2.75, 3.05) is 19.6 Å². The van der Waals surface area contributed by atoms with Crippen LogP contribution in [0.1, 0.15) is 46.1 Å². The molecule has 25 heavy (non-hydrogen) atoms. The fraction of sp³-hybridized carbons (Fsp3) is 0.579. The molecule has 1 saturated heterocycles. The van der Waals surface area contributed by atoms with Crippen LogP contribution in [0.4, 0.5) is 4.39 Å². The van der Waals surface area contributed by atoms with Crippen LogP contribution in [0.25, 0.3) is 0 Å². The number of halogens is 1. The fourth-order valence-corrected chi connectivity index (χ4v) is 3.35. The number of piperidine rings is 1. The van der Waals surface area contributed by atoms with Gasteiger partial charge < -0.3 is 10.6 Å². The predicted molar refractivity (Wildman–Crippen MR) is 95.5 cm³/mol. The van der Waals surface area contributed by atoms with Crippen LogP contribution in [0.2, 0.25) is 0 Å². The molecule has 1 heterocycles. The number of carbonyl (C=O) groups is 2. The zero-order chi connectivity index (χ0) is 18.7. The Bertz CT molecular complexity index is 615. The Kier molecular flexibility index (Phi) is 5.83. The lowest BCUT2D eigenvalue weighted by atomic mass is 9.80. The van der Waals surface area contributed by atoms with E-state index in [0.29, 0.717) is 32.5 Å². The van der Waals surface area contributed by atoms with Gasteiger partial charge in [0.15, 0.2) is 0 Å². The van der Waals surface area contributed by atoms with Crippen LogP contribution in [0.3, 0.4) is 0 Å². The molecule has 0 atom stereocenters. The Labute approximate surface area is 149 Å². The van der Waals surface area contributed by atoms with Gasteiger partial charge in [0.05, 0.1) is 12.1 Å². The van der Waals surface area contributed by atoms with Crippen LogP contribution in [-0.2, 0) is 15.1 Å². The highest BCUT2D eigenvalue weighted by molar-refractivity contribution is 5.78. The third-order valence-electron chi connectivity index (χ3n) is 4.40. The monoisotopic (exact) mass is 349 g/mol. The smallest absolute Gasteiger partial charge is 0.234 e. The van der Waals surface area contributed by atoms with Crippen LogP contribution < -0.4 is 10.6 Å². The number of rotatable bonds is 4. The zero-order valence-electron chi connectivity index (χ0n) is 15.5. The first-order chi connectivity index (χ1) is 11.6. The average molecular weight is 349 g/mol. The van der Waals surface area contributed by atoms with E-state index < -0.39 is 5.54 Å². The summed E-state index contributed by atoms with van der Waals surface area (Å²) in [5, 5.41) is 6.02. The topological polar surface area (TPSA) is 61.4 Å². The van der Waals surface area contributed by atoms with E-state index in [4.69, 9.17) is 0 Å². The SMILES string of the molecule is CC(=O)NC1(c2ccc(F)cc2)CCN(CC(=O)NC(C)(C)C)CC1. The van der Waals surface area contributed by atoms with E-state index in [2.05, 4.69) is 15.5 Å². The summed E-state index contributed by atoms with van der Waals surface area (Å²) < 4.78 is 13.2. The first kappa shape index (κ1) is 19.4. The number of amides is 2. The lowest BCUT2D eigenvalue weighted by molar-refractivity contribution is -0.125. The first-order valence-corrected chi connectivity index (χ1v) is 8.68. The summed E-state index contributed by atoms with van der Waals surface area (Å²) in [6, 6.07) is 6.30. The van der Waals surface area contributed by atoms with Crippen LogP contribution in [0, 0.1) is 5.82 Å². The molecule has 0 radical (unpaired) electrons. The first-order valence-electron chi connectivity index (χ1n) is 8.68. The zero-order valence-corrected chi connectivity index (χ0v) is 15.5. The van der Waals surface area contributed by atoms with E-state index in [9.17, 15) is 14.0 Å². The number of hydrogen-bond acceptors (Lipinski definition) is 3. The van der Waals surface area contributed by atoms with Gasteiger partial charge >= 0.3 is 0 Å². The highest BCUT2D eigenvalue weighted by Crippen LogP contribution is 2.33. The number of benzene rings is 1. The summed E-state index contributed by atoms with van der Waals surface area (Å²) in [6.45, 7) is 9.09. The molecule has 2 amide bonds. The molecule has 1 aromatic rings. The van der Waals surface area contributed by atoms with E-state index in [1.165, 1.54) is 19.1 Å². The van der Waals surface area contributed by atoms with Gasteiger partial charge in [0.2, 0.25) is 11.8 Å². The molecule has 1 fully saturated rings. The van der Waals surface area contributed by atoms with Crippen molar-refractivity contribution < 1.29 is 14.0 Å². The van der Waals surface area contributed by atoms with Gasteiger partial charge in [0.25, 0.3) is 0 Å². The van der Waals surface area contributed by atoms with E-state index in [0.717, 1.165) is 5.56 Å². The fourth-order valence-electron chi connectivity index (χ4n) is 3.35. The second-order valence-electron chi connectivity index (χ2n) is 7.84. The molecule has 0 aliphatic carbocycles. The van der Waals surface area contributed by atoms with Crippen molar-refractivity contribution in [3.05, 3.63) is 35.6 Å². The van der Waals surface area contributed by atoms with E-state index in [1.807, 2.05) is 20.8 Å². The Balaban J connectivity index is 2.05. The van der Waals surface area contributed by atoms with Gasteiger partial charge in [-0.05, 0) is 51.3 Å². The predicted octanol–water partition coefficient (Wildman–Crippen LogP) is 2.17. The summed E-state index contributed by atoms with van der Waals surface area (Å²) >= 11 is 0. The molecule has 2 rings (SSSR count). The second kappa shape index (κ2) is 7.52. The number of nitrogens with zero attached hydrogens (tertiary/aromatic N) is 1. The molecule has 0 saturated carbocycles. The van der Waals surface area contributed by atoms with Crippen LogP contribution >= 0.6 is 0 Å². The van der Waals surface area contributed by atoms with E-state index in [-0.39, 0.29) is 23.2 Å². The van der Waals surface area contributed by atoms with Crippen molar-refractivity contribution in [2.24, 2.45) is 0 Å². The van der Waals surface area contributed by atoms with E-state index >= 15 is 0 Å². The molecule has 0 aromatic heterocycles. The molecule has 0 spiro atoms. The Hall–Kier alpha value is -1.95. The molecule has 1 aromatic carbocycles. The molecular formula is C19H28FN3O2. The van der Waals surface area contributed by atoms with Crippen LogP contribution in [-0.4, -0.2) is 41.9 Å². The average Bonchev–Trinajstić information content (AvgIpc) is 2.47. The molecular weight excluding hydrogens is 321 g/mol. The van der Waals surface area contributed by atoms with Gasteiger partial charge in [-0.25, -0.2) is 4.39 Å². The number of carbonyl (C=O) groups excluding carboxylic acids is 2. The third-order valence-corrected chi connectivity index (χ3v) is 4.40. The van der Waals surface area contributed by atoms with Crippen molar-refractivity contribution in [3.63, 3.8) is 0 Å². The molecule has 5 nitrogen and oxygen atoms in total. The lowest BCUT2D eigenvalue weighted by Gasteiger charge is -2.42. The molecule has 0 unspecified atom stereocenters. The van der Waals surface area contributed by atoms with Crippen molar-refractivity contribution in [2.45, 2.75) is 51.6 Å². The van der Waals surface area contributed by atoms with Crippen LogP contribution in [0.15, 0.2) is 24.3 Å². The molecule has 138 valence electrons. The highest BCUT2D eigenvalue weighted by Gasteiger charge is 2.37. The summed E-state index contributed by atoms with van der Waals surface area (Å²) in [6.07, 6.45) is 1.36. The van der Waals surface area contributed by atoms with Gasteiger partial charge in [-0.15, -0.1) is 0 Å². The second-order valence-corrected chi connectivity index (χ2v) is 7.84. The quantitative estimate of drug-likeness (QED) is 0.876. The molecule has 2 N–H and O–H groups in total. The normalized spacial score (nSPS) is 17.8. The van der Waals surface area contributed by atoms with Gasteiger partial charge in [0.1, 0.15) is 5.82 Å².